The van der Waals surface area contributed by atoms with Gasteiger partial charge in [-0.2, -0.15) is 0 Å². The molecule has 0 bridgehead atoms. The fraction of sp³-hybridized carbons (Fsp3) is 1.00. The molecule has 1 N–H and O–H groups in total. The zero-order valence-corrected chi connectivity index (χ0v) is 11.0. The van der Waals surface area contributed by atoms with Crippen LogP contribution in [0.5, 0.6) is 0 Å². The number of fused-ring (bicyclic) bond motifs is 1. The van der Waals surface area contributed by atoms with E-state index < -0.39 is 9.84 Å². The summed E-state index contributed by atoms with van der Waals surface area (Å²) in [5.41, 5.74) is 0.0144. The van der Waals surface area contributed by atoms with Crippen LogP contribution in [0.1, 0.15) is 38.5 Å². The highest BCUT2D eigenvalue weighted by atomic mass is 32.2. The lowest BCUT2D eigenvalue weighted by atomic mass is 9.82. The van der Waals surface area contributed by atoms with Crippen molar-refractivity contribution < 1.29 is 13.2 Å². The van der Waals surface area contributed by atoms with E-state index in [1.165, 1.54) is 19.3 Å². The molecule has 0 aromatic heterocycles. The smallest absolute Gasteiger partial charge is 0.152 e. The summed E-state index contributed by atoms with van der Waals surface area (Å²) in [6, 6.07) is 0.0290. The lowest BCUT2D eigenvalue weighted by molar-refractivity contribution is -0.149. The van der Waals surface area contributed by atoms with Crippen molar-refractivity contribution in [3.8, 4) is 0 Å². The van der Waals surface area contributed by atoms with Crippen LogP contribution in [0.4, 0.5) is 0 Å². The molecule has 2 heterocycles. The van der Waals surface area contributed by atoms with Gasteiger partial charge < -0.3 is 10.1 Å². The SMILES string of the molecule is O=S1(=O)CCC2OC3(CCCCC3)CNC2C1. The molecule has 1 aliphatic carbocycles. The first-order chi connectivity index (χ1) is 8.09. The van der Waals surface area contributed by atoms with Crippen molar-refractivity contribution in [2.24, 2.45) is 0 Å². The van der Waals surface area contributed by atoms with Crippen molar-refractivity contribution in [3.05, 3.63) is 0 Å². The Morgan fingerprint density at radius 3 is 2.71 bits per heavy atom. The van der Waals surface area contributed by atoms with E-state index in [9.17, 15) is 8.42 Å². The minimum absolute atomic E-state index is 0.0144. The largest absolute Gasteiger partial charge is 0.369 e. The van der Waals surface area contributed by atoms with Crippen molar-refractivity contribution in [3.63, 3.8) is 0 Å². The molecule has 0 radical (unpaired) electrons. The van der Waals surface area contributed by atoms with E-state index in [1.54, 1.807) is 0 Å². The molecule has 17 heavy (non-hydrogen) atoms. The van der Waals surface area contributed by atoms with Gasteiger partial charge in [0.2, 0.25) is 0 Å². The van der Waals surface area contributed by atoms with E-state index in [0.29, 0.717) is 12.2 Å². The Balaban J connectivity index is 1.71. The maximum atomic E-state index is 11.6. The molecule has 1 saturated carbocycles. The quantitative estimate of drug-likeness (QED) is 0.701. The van der Waals surface area contributed by atoms with E-state index >= 15 is 0 Å². The van der Waals surface area contributed by atoms with Gasteiger partial charge >= 0.3 is 0 Å². The number of nitrogens with one attached hydrogen (secondary N) is 1. The first-order valence-corrected chi connectivity index (χ1v) is 8.52. The van der Waals surface area contributed by atoms with Gasteiger partial charge in [-0.3, -0.25) is 0 Å². The van der Waals surface area contributed by atoms with Crippen molar-refractivity contribution in [2.45, 2.75) is 56.3 Å². The second kappa shape index (κ2) is 4.21. The summed E-state index contributed by atoms with van der Waals surface area (Å²) in [6.45, 7) is 0.837. The number of hydrogen-bond donors (Lipinski definition) is 1. The Labute approximate surface area is 103 Å². The maximum Gasteiger partial charge on any atom is 0.152 e. The number of morpholine rings is 1. The summed E-state index contributed by atoms with van der Waals surface area (Å²) in [5.74, 6) is 0.555. The third-order valence-corrected chi connectivity index (χ3v) is 6.17. The number of rotatable bonds is 0. The highest BCUT2D eigenvalue weighted by molar-refractivity contribution is 7.91. The lowest BCUT2D eigenvalue weighted by Gasteiger charge is -2.48. The second-order valence-corrected chi connectivity index (χ2v) is 8.02. The summed E-state index contributed by atoms with van der Waals surface area (Å²) < 4.78 is 29.4. The van der Waals surface area contributed by atoms with Gasteiger partial charge in [-0.15, -0.1) is 0 Å². The van der Waals surface area contributed by atoms with E-state index in [1.807, 2.05) is 0 Å². The molecule has 0 aromatic carbocycles. The average Bonchev–Trinajstić information content (AvgIpc) is 2.30. The molecule has 1 spiro atoms. The summed E-state index contributed by atoms with van der Waals surface area (Å²) in [5, 5.41) is 3.43. The number of ether oxygens (including phenoxy) is 1. The van der Waals surface area contributed by atoms with E-state index in [2.05, 4.69) is 5.32 Å². The number of hydrogen-bond acceptors (Lipinski definition) is 4. The zero-order chi connectivity index (χ0) is 11.9. The van der Waals surface area contributed by atoms with Crippen LogP contribution >= 0.6 is 0 Å². The number of sulfone groups is 1. The van der Waals surface area contributed by atoms with Crippen LogP contribution in [0.3, 0.4) is 0 Å². The summed E-state index contributed by atoms with van der Waals surface area (Å²) in [4.78, 5) is 0. The standard InChI is InChI=1S/C12H21NO3S/c14-17(15)7-4-11-10(8-17)13-9-12(16-11)5-2-1-3-6-12/h10-11,13H,1-9H2. The Morgan fingerprint density at radius 1 is 1.18 bits per heavy atom. The van der Waals surface area contributed by atoms with Crippen LogP contribution in [-0.4, -0.2) is 44.2 Å². The third-order valence-electron chi connectivity index (χ3n) is 4.45. The van der Waals surface area contributed by atoms with Gasteiger partial charge in [0.05, 0.1) is 23.2 Å². The Hall–Kier alpha value is -0.130. The molecule has 0 amide bonds. The molecule has 2 unspecified atom stereocenters. The predicted molar refractivity (Wildman–Crippen MR) is 65.8 cm³/mol. The molecule has 5 heteroatoms. The molecule has 3 fully saturated rings. The van der Waals surface area contributed by atoms with Crippen LogP contribution in [0.15, 0.2) is 0 Å². The van der Waals surface area contributed by atoms with Gasteiger partial charge in [0, 0.05) is 12.6 Å². The summed E-state index contributed by atoms with van der Waals surface area (Å²) in [7, 11) is -2.84. The molecular formula is C12H21NO3S. The van der Waals surface area contributed by atoms with Gasteiger partial charge in [-0.25, -0.2) is 8.42 Å². The van der Waals surface area contributed by atoms with Gasteiger partial charge in [0.25, 0.3) is 0 Å². The Kier molecular flexibility index (Phi) is 2.96. The third kappa shape index (κ3) is 2.37. The maximum absolute atomic E-state index is 11.6. The Morgan fingerprint density at radius 2 is 1.94 bits per heavy atom. The molecule has 0 aromatic rings. The van der Waals surface area contributed by atoms with Gasteiger partial charge in [-0.1, -0.05) is 19.3 Å². The lowest BCUT2D eigenvalue weighted by Crippen LogP contribution is -2.63. The van der Waals surface area contributed by atoms with Crippen LogP contribution in [-0.2, 0) is 14.6 Å². The predicted octanol–water partition coefficient (Wildman–Crippen LogP) is 0.865. The monoisotopic (exact) mass is 259 g/mol. The topological polar surface area (TPSA) is 55.4 Å². The minimum atomic E-state index is -2.84. The van der Waals surface area contributed by atoms with Gasteiger partial charge in [0.15, 0.2) is 9.84 Å². The summed E-state index contributed by atoms with van der Waals surface area (Å²) >= 11 is 0. The molecule has 4 nitrogen and oxygen atoms in total. The van der Waals surface area contributed by atoms with E-state index in [4.69, 9.17) is 4.74 Å². The molecule has 2 aliphatic heterocycles. The highest BCUT2D eigenvalue weighted by Crippen LogP contribution is 2.36. The first-order valence-electron chi connectivity index (χ1n) is 6.70. The molecular weight excluding hydrogens is 238 g/mol. The van der Waals surface area contributed by atoms with Crippen molar-refractivity contribution >= 4 is 9.84 Å². The molecule has 3 rings (SSSR count). The normalized spacial score (nSPS) is 39.8. The Bertz CT molecular complexity index is 387. The average molecular weight is 259 g/mol. The van der Waals surface area contributed by atoms with Crippen molar-refractivity contribution in [1.29, 1.82) is 0 Å². The zero-order valence-electron chi connectivity index (χ0n) is 10.2. The van der Waals surface area contributed by atoms with E-state index in [-0.39, 0.29) is 23.5 Å². The van der Waals surface area contributed by atoms with Crippen molar-refractivity contribution in [2.75, 3.05) is 18.1 Å². The van der Waals surface area contributed by atoms with E-state index in [0.717, 1.165) is 19.4 Å². The molecule has 2 saturated heterocycles. The molecule has 2 atom stereocenters. The molecule has 3 aliphatic rings. The van der Waals surface area contributed by atoms with Crippen LogP contribution < -0.4 is 5.32 Å². The fourth-order valence-electron chi connectivity index (χ4n) is 3.46. The fourth-order valence-corrected chi connectivity index (χ4v) is 5.10. The minimum Gasteiger partial charge on any atom is -0.369 e. The van der Waals surface area contributed by atoms with Gasteiger partial charge in [0.1, 0.15) is 0 Å². The molecule has 98 valence electrons. The highest BCUT2D eigenvalue weighted by Gasteiger charge is 2.45. The van der Waals surface area contributed by atoms with Crippen LogP contribution in [0.2, 0.25) is 0 Å². The van der Waals surface area contributed by atoms with Crippen LogP contribution in [0.25, 0.3) is 0 Å². The first kappa shape index (κ1) is 11.9. The van der Waals surface area contributed by atoms with Crippen LogP contribution in [0, 0.1) is 0 Å². The van der Waals surface area contributed by atoms with Gasteiger partial charge in [-0.05, 0) is 19.3 Å². The second-order valence-electron chi connectivity index (χ2n) is 5.79. The summed E-state index contributed by atoms with van der Waals surface area (Å²) in [6.07, 6.45) is 6.86. The van der Waals surface area contributed by atoms with Crippen molar-refractivity contribution in [1.82, 2.24) is 5.32 Å².